The molecule has 0 N–H and O–H groups in total. The van der Waals surface area contributed by atoms with Crippen molar-refractivity contribution in [3.8, 4) is 0 Å². The Hall–Kier alpha value is -1.65. The molecule has 1 saturated heterocycles. The number of nitrogens with zero attached hydrogens (tertiary/aromatic N) is 3. The predicted molar refractivity (Wildman–Crippen MR) is 55.9 cm³/mol. The van der Waals surface area contributed by atoms with Crippen molar-refractivity contribution >= 4 is 11.6 Å². The fourth-order valence-electron chi connectivity index (χ4n) is 1.67. The number of carbonyl (C=O) groups excluding carboxylic acids is 1. The van der Waals surface area contributed by atoms with Crippen LogP contribution in [0.15, 0.2) is 17.2 Å². The van der Waals surface area contributed by atoms with E-state index in [-0.39, 0.29) is 11.3 Å². The summed E-state index contributed by atoms with van der Waals surface area (Å²) in [5.74, 6) is 0.714. The summed E-state index contributed by atoms with van der Waals surface area (Å²) in [6, 6.07) is 0. The van der Waals surface area contributed by atoms with E-state index in [9.17, 15) is 9.59 Å². The summed E-state index contributed by atoms with van der Waals surface area (Å²) >= 11 is 0. The van der Waals surface area contributed by atoms with Gasteiger partial charge in [0.15, 0.2) is 5.82 Å². The molecular weight excluding hydrogens is 194 g/mol. The lowest BCUT2D eigenvalue weighted by Gasteiger charge is -2.26. The van der Waals surface area contributed by atoms with Crippen LogP contribution in [0.25, 0.3) is 0 Å². The third kappa shape index (κ3) is 1.91. The number of Topliss-reactive ketones (excluding diaryl/α,β-unsaturated/α-hetero) is 1. The van der Waals surface area contributed by atoms with Crippen LogP contribution in [0.4, 0.5) is 5.82 Å². The molecule has 80 valence electrons. The van der Waals surface area contributed by atoms with Crippen LogP contribution in [-0.2, 0) is 11.8 Å². The maximum atomic E-state index is 11.7. The Morgan fingerprint density at radius 1 is 1.27 bits per heavy atom. The average molecular weight is 207 g/mol. The fraction of sp³-hybridized carbons (Fsp3) is 0.500. The second-order valence-corrected chi connectivity index (χ2v) is 3.69. The number of hydrogen-bond acceptors (Lipinski definition) is 4. The second kappa shape index (κ2) is 3.84. The monoisotopic (exact) mass is 207 g/mol. The van der Waals surface area contributed by atoms with E-state index in [0.29, 0.717) is 31.7 Å². The molecule has 15 heavy (non-hydrogen) atoms. The Morgan fingerprint density at radius 3 is 2.60 bits per heavy atom. The molecule has 1 aromatic heterocycles. The Morgan fingerprint density at radius 2 is 1.93 bits per heavy atom. The van der Waals surface area contributed by atoms with Gasteiger partial charge in [-0.05, 0) is 0 Å². The summed E-state index contributed by atoms with van der Waals surface area (Å²) in [6.45, 7) is 1.20. The topological polar surface area (TPSA) is 55.2 Å². The highest BCUT2D eigenvalue weighted by Gasteiger charge is 2.19. The summed E-state index contributed by atoms with van der Waals surface area (Å²) in [7, 11) is 1.70. The molecule has 0 saturated carbocycles. The molecule has 0 radical (unpaired) electrons. The third-order valence-corrected chi connectivity index (χ3v) is 2.62. The van der Waals surface area contributed by atoms with Gasteiger partial charge in [0.2, 0.25) is 0 Å². The lowest BCUT2D eigenvalue weighted by atomic mass is 10.1. The van der Waals surface area contributed by atoms with Crippen LogP contribution < -0.4 is 10.5 Å². The Kier molecular flexibility index (Phi) is 2.53. The predicted octanol–water partition coefficient (Wildman–Crippen LogP) is -0.0504. The first-order chi connectivity index (χ1) is 7.18. The largest absolute Gasteiger partial charge is 0.351 e. The second-order valence-electron chi connectivity index (χ2n) is 3.69. The number of aromatic nitrogens is 2. The molecule has 0 aliphatic carbocycles. The molecule has 1 aliphatic rings. The molecular formula is C10H13N3O2. The zero-order chi connectivity index (χ0) is 10.8. The van der Waals surface area contributed by atoms with Crippen molar-refractivity contribution in [2.45, 2.75) is 12.8 Å². The van der Waals surface area contributed by atoms with Crippen molar-refractivity contribution in [3.05, 3.63) is 22.7 Å². The molecule has 1 aliphatic heterocycles. The first kappa shape index (κ1) is 9.89. The van der Waals surface area contributed by atoms with Gasteiger partial charge in [-0.3, -0.25) is 9.59 Å². The standard InChI is InChI=1S/C10H13N3O2/c1-12-7-4-11-9(10(12)15)13-5-2-8(14)3-6-13/h4,7H,2-3,5-6H2,1H3. The third-order valence-electron chi connectivity index (χ3n) is 2.62. The van der Waals surface area contributed by atoms with Crippen LogP contribution in [0, 0.1) is 0 Å². The molecule has 0 atom stereocenters. The maximum absolute atomic E-state index is 11.7. The van der Waals surface area contributed by atoms with Crippen molar-refractivity contribution in [1.82, 2.24) is 9.55 Å². The van der Waals surface area contributed by atoms with E-state index in [1.165, 1.54) is 4.57 Å². The summed E-state index contributed by atoms with van der Waals surface area (Å²) in [5, 5.41) is 0. The number of piperidine rings is 1. The number of ketones is 1. The lowest BCUT2D eigenvalue weighted by molar-refractivity contribution is -0.119. The molecule has 0 bridgehead atoms. The van der Waals surface area contributed by atoms with E-state index in [2.05, 4.69) is 4.98 Å². The number of hydrogen-bond donors (Lipinski definition) is 0. The van der Waals surface area contributed by atoms with Gasteiger partial charge in [0.25, 0.3) is 5.56 Å². The van der Waals surface area contributed by atoms with Crippen LogP contribution in [0.1, 0.15) is 12.8 Å². The van der Waals surface area contributed by atoms with E-state index in [1.807, 2.05) is 4.90 Å². The highest BCUT2D eigenvalue weighted by molar-refractivity contribution is 5.80. The zero-order valence-electron chi connectivity index (χ0n) is 8.64. The zero-order valence-corrected chi connectivity index (χ0v) is 8.64. The minimum absolute atomic E-state index is 0.105. The first-order valence-corrected chi connectivity index (χ1v) is 4.97. The Balaban J connectivity index is 2.27. The van der Waals surface area contributed by atoms with Gasteiger partial charge in [0.05, 0.1) is 0 Å². The molecule has 0 amide bonds. The van der Waals surface area contributed by atoms with E-state index >= 15 is 0 Å². The average Bonchev–Trinajstić information content (AvgIpc) is 2.24. The smallest absolute Gasteiger partial charge is 0.293 e. The first-order valence-electron chi connectivity index (χ1n) is 4.97. The molecule has 2 rings (SSSR count). The van der Waals surface area contributed by atoms with Crippen molar-refractivity contribution in [2.75, 3.05) is 18.0 Å². The van der Waals surface area contributed by atoms with Gasteiger partial charge in [0, 0.05) is 45.4 Å². The molecule has 1 aromatic rings. The van der Waals surface area contributed by atoms with Gasteiger partial charge < -0.3 is 9.47 Å². The normalized spacial score (nSPS) is 16.9. The van der Waals surface area contributed by atoms with E-state index in [0.717, 1.165) is 0 Å². The lowest BCUT2D eigenvalue weighted by Crippen LogP contribution is -2.38. The molecule has 1 fully saturated rings. The van der Waals surface area contributed by atoms with Crippen LogP contribution in [0.2, 0.25) is 0 Å². The summed E-state index contributed by atoms with van der Waals surface area (Å²) in [5.41, 5.74) is -0.105. The van der Waals surface area contributed by atoms with Gasteiger partial charge in [-0.15, -0.1) is 0 Å². The van der Waals surface area contributed by atoms with Crippen molar-refractivity contribution in [3.63, 3.8) is 0 Å². The number of carbonyl (C=O) groups is 1. The summed E-state index contributed by atoms with van der Waals surface area (Å²) in [4.78, 5) is 28.7. The SMILES string of the molecule is Cn1ccnc(N2CCC(=O)CC2)c1=O. The van der Waals surface area contributed by atoms with Crippen LogP contribution >= 0.6 is 0 Å². The highest BCUT2D eigenvalue weighted by atomic mass is 16.1. The van der Waals surface area contributed by atoms with Crippen molar-refractivity contribution in [2.24, 2.45) is 7.05 Å². The van der Waals surface area contributed by atoms with E-state index < -0.39 is 0 Å². The highest BCUT2D eigenvalue weighted by Crippen LogP contribution is 2.10. The van der Waals surface area contributed by atoms with Gasteiger partial charge in [0.1, 0.15) is 5.78 Å². The van der Waals surface area contributed by atoms with E-state index in [4.69, 9.17) is 0 Å². The molecule has 2 heterocycles. The van der Waals surface area contributed by atoms with Crippen molar-refractivity contribution < 1.29 is 4.79 Å². The quantitative estimate of drug-likeness (QED) is 0.648. The van der Waals surface area contributed by atoms with E-state index in [1.54, 1.807) is 19.4 Å². The van der Waals surface area contributed by atoms with Crippen molar-refractivity contribution in [1.29, 1.82) is 0 Å². The molecule has 5 heteroatoms. The Bertz CT molecular complexity index is 429. The number of anilines is 1. The maximum Gasteiger partial charge on any atom is 0.293 e. The fourth-order valence-corrected chi connectivity index (χ4v) is 1.67. The minimum Gasteiger partial charge on any atom is -0.351 e. The molecule has 0 unspecified atom stereocenters. The van der Waals surface area contributed by atoms with Crippen LogP contribution in [0.3, 0.4) is 0 Å². The molecule has 0 spiro atoms. The number of aryl methyl sites for hydroxylation is 1. The van der Waals surface area contributed by atoms with Gasteiger partial charge in [-0.25, -0.2) is 4.98 Å². The number of rotatable bonds is 1. The minimum atomic E-state index is -0.105. The van der Waals surface area contributed by atoms with Crippen LogP contribution in [-0.4, -0.2) is 28.4 Å². The summed E-state index contributed by atoms with van der Waals surface area (Å²) in [6.07, 6.45) is 4.26. The van der Waals surface area contributed by atoms with Gasteiger partial charge in [-0.1, -0.05) is 0 Å². The Labute approximate surface area is 87.3 Å². The van der Waals surface area contributed by atoms with Gasteiger partial charge >= 0.3 is 0 Å². The van der Waals surface area contributed by atoms with Crippen LogP contribution in [0.5, 0.6) is 0 Å². The molecule has 0 aromatic carbocycles. The van der Waals surface area contributed by atoms with Gasteiger partial charge in [-0.2, -0.15) is 0 Å². The summed E-state index contributed by atoms with van der Waals surface area (Å²) < 4.78 is 1.50. The molecule has 5 nitrogen and oxygen atoms in total.